The van der Waals surface area contributed by atoms with E-state index in [-0.39, 0.29) is 7.92 Å². The average molecular weight is 284 g/mol. The lowest BCUT2D eigenvalue weighted by atomic mass is 10.2. The minimum Gasteiger partial charge on any atom is -0.0650 e. The first-order chi connectivity index (χ1) is 9.52. The van der Waals surface area contributed by atoms with Gasteiger partial charge in [0.1, 0.15) is 0 Å². The second kappa shape index (κ2) is 6.55. The molecule has 0 radical (unpaired) electrons. The van der Waals surface area contributed by atoms with Gasteiger partial charge >= 0.3 is 0 Å². The minimum absolute atomic E-state index is 0.217. The van der Waals surface area contributed by atoms with E-state index in [2.05, 4.69) is 71.0 Å². The van der Waals surface area contributed by atoms with Crippen molar-refractivity contribution in [2.45, 2.75) is 41.0 Å². The smallest absolute Gasteiger partial charge is 0.0166 e. The maximum atomic E-state index is 2.35. The van der Waals surface area contributed by atoms with Gasteiger partial charge in [-0.2, -0.15) is 0 Å². The lowest BCUT2D eigenvalue weighted by Crippen LogP contribution is -2.19. The molecule has 0 aromatic heterocycles. The fourth-order valence-corrected chi connectivity index (χ4v) is 5.49. The van der Waals surface area contributed by atoms with Crippen LogP contribution in [-0.2, 0) is 0 Å². The maximum Gasteiger partial charge on any atom is -0.0166 e. The van der Waals surface area contributed by atoms with E-state index in [0.29, 0.717) is 0 Å². The summed E-state index contributed by atoms with van der Waals surface area (Å²) >= 11 is 0. The Labute approximate surface area is 125 Å². The van der Waals surface area contributed by atoms with Crippen LogP contribution in [0.2, 0.25) is 0 Å². The Hall–Kier alpha value is -1.13. The Balaban J connectivity index is 2.50. The molecule has 20 heavy (non-hydrogen) atoms. The first kappa shape index (κ1) is 15.3. The van der Waals surface area contributed by atoms with Crippen LogP contribution in [0, 0.1) is 27.7 Å². The molecule has 0 aliphatic rings. The summed E-state index contributed by atoms with van der Waals surface area (Å²) in [5.74, 6) is 0. The summed E-state index contributed by atoms with van der Waals surface area (Å²) in [6.07, 6.45) is 2.52. The zero-order chi connectivity index (χ0) is 14.7. The van der Waals surface area contributed by atoms with Crippen LogP contribution in [0.3, 0.4) is 0 Å². The summed E-state index contributed by atoms with van der Waals surface area (Å²) in [5.41, 5.74) is 5.62. The lowest BCUT2D eigenvalue weighted by Gasteiger charge is -2.22. The van der Waals surface area contributed by atoms with E-state index >= 15 is 0 Å². The highest BCUT2D eigenvalue weighted by atomic mass is 31.1. The van der Waals surface area contributed by atoms with Gasteiger partial charge in [-0.1, -0.05) is 60.9 Å². The summed E-state index contributed by atoms with van der Waals surface area (Å²) < 4.78 is 0. The normalized spacial score (nSPS) is 11.1. The van der Waals surface area contributed by atoms with Crippen LogP contribution in [0.25, 0.3) is 0 Å². The molecule has 1 heteroatoms. The van der Waals surface area contributed by atoms with Crippen molar-refractivity contribution in [2.75, 3.05) is 6.16 Å². The Morgan fingerprint density at radius 3 is 1.55 bits per heavy atom. The van der Waals surface area contributed by atoms with Crippen molar-refractivity contribution >= 4 is 18.5 Å². The Morgan fingerprint density at radius 1 is 0.750 bits per heavy atom. The average Bonchev–Trinajstić information content (AvgIpc) is 2.37. The quantitative estimate of drug-likeness (QED) is 0.710. The van der Waals surface area contributed by atoms with E-state index in [0.717, 1.165) is 0 Å². The molecule has 0 unspecified atom stereocenters. The van der Waals surface area contributed by atoms with Gasteiger partial charge in [-0.05, 0) is 63.5 Å². The molecule has 0 N–H and O–H groups in total. The van der Waals surface area contributed by atoms with Crippen LogP contribution in [0.1, 0.15) is 35.6 Å². The number of hydrogen-bond donors (Lipinski definition) is 0. The zero-order valence-electron chi connectivity index (χ0n) is 13.3. The summed E-state index contributed by atoms with van der Waals surface area (Å²) in [6, 6.07) is 13.9. The minimum atomic E-state index is -0.217. The second-order valence-electron chi connectivity index (χ2n) is 5.73. The van der Waals surface area contributed by atoms with Gasteiger partial charge in [0.25, 0.3) is 0 Å². The van der Waals surface area contributed by atoms with E-state index in [4.69, 9.17) is 0 Å². The summed E-state index contributed by atoms with van der Waals surface area (Å²) in [4.78, 5) is 0. The van der Waals surface area contributed by atoms with E-state index in [9.17, 15) is 0 Å². The molecule has 2 aromatic rings. The van der Waals surface area contributed by atoms with E-state index in [1.54, 1.807) is 10.6 Å². The van der Waals surface area contributed by atoms with E-state index in [1.807, 2.05) is 0 Å². The molecule has 0 atom stereocenters. The van der Waals surface area contributed by atoms with Crippen molar-refractivity contribution in [1.29, 1.82) is 0 Å². The summed E-state index contributed by atoms with van der Waals surface area (Å²) in [6.45, 7) is 11.2. The fourth-order valence-electron chi connectivity index (χ4n) is 2.81. The van der Waals surface area contributed by atoms with Gasteiger partial charge in [0.2, 0.25) is 0 Å². The molecule has 0 aliphatic carbocycles. The third kappa shape index (κ3) is 3.30. The lowest BCUT2D eigenvalue weighted by molar-refractivity contribution is 1.10. The zero-order valence-corrected chi connectivity index (χ0v) is 14.2. The van der Waals surface area contributed by atoms with Crippen molar-refractivity contribution in [3.63, 3.8) is 0 Å². The maximum absolute atomic E-state index is 2.35. The van der Waals surface area contributed by atoms with Crippen LogP contribution in [0.4, 0.5) is 0 Å². The SMILES string of the molecule is CCCP(c1ccc(C)cc1C)c1ccc(C)cc1C. The van der Waals surface area contributed by atoms with Gasteiger partial charge < -0.3 is 0 Å². The van der Waals surface area contributed by atoms with Gasteiger partial charge in [-0.3, -0.25) is 0 Å². The molecule has 0 heterocycles. The predicted molar refractivity (Wildman–Crippen MR) is 93.2 cm³/mol. The summed E-state index contributed by atoms with van der Waals surface area (Å²) in [7, 11) is -0.217. The largest absolute Gasteiger partial charge is 0.0650 e. The van der Waals surface area contributed by atoms with Gasteiger partial charge in [0, 0.05) is 0 Å². The molecule has 0 fully saturated rings. The number of benzene rings is 2. The van der Waals surface area contributed by atoms with Gasteiger partial charge in [0.05, 0.1) is 0 Å². The highest BCUT2D eigenvalue weighted by Gasteiger charge is 2.16. The standard InChI is InChI=1S/C19H25P/c1-6-11-20(18-9-7-14(2)12-16(18)4)19-10-8-15(3)13-17(19)5/h7-10,12-13H,6,11H2,1-5H3. The highest BCUT2D eigenvalue weighted by Crippen LogP contribution is 2.37. The molecular weight excluding hydrogens is 259 g/mol. The molecule has 0 nitrogen and oxygen atoms in total. The third-order valence-corrected chi connectivity index (χ3v) is 6.79. The second-order valence-corrected chi connectivity index (χ2v) is 8.00. The molecule has 0 amide bonds. The van der Waals surface area contributed by atoms with Crippen LogP contribution in [0.5, 0.6) is 0 Å². The van der Waals surface area contributed by atoms with E-state index in [1.165, 1.54) is 34.8 Å². The fraction of sp³-hybridized carbons (Fsp3) is 0.368. The molecule has 0 aliphatic heterocycles. The van der Waals surface area contributed by atoms with Crippen molar-refractivity contribution in [2.24, 2.45) is 0 Å². The highest BCUT2D eigenvalue weighted by molar-refractivity contribution is 7.73. The Kier molecular flexibility index (Phi) is 5.00. The molecular formula is C19H25P. The number of hydrogen-bond acceptors (Lipinski definition) is 0. The first-order valence-corrected chi connectivity index (χ1v) is 8.97. The molecule has 0 spiro atoms. The van der Waals surface area contributed by atoms with Crippen LogP contribution in [-0.4, -0.2) is 6.16 Å². The molecule has 2 rings (SSSR count). The van der Waals surface area contributed by atoms with Crippen LogP contribution < -0.4 is 10.6 Å². The summed E-state index contributed by atoms with van der Waals surface area (Å²) in [5, 5.41) is 3.11. The first-order valence-electron chi connectivity index (χ1n) is 7.45. The van der Waals surface area contributed by atoms with Crippen LogP contribution in [0.15, 0.2) is 36.4 Å². The predicted octanol–water partition coefficient (Wildman–Crippen LogP) is 4.76. The molecule has 106 valence electrons. The molecule has 0 saturated carbocycles. The van der Waals surface area contributed by atoms with Crippen molar-refractivity contribution in [3.8, 4) is 0 Å². The van der Waals surface area contributed by atoms with Crippen molar-refractivity contribution < 1.29 is 0 Å². The van der Waals surface area contributed by atoms with Gasteiger partial charge in [-0.15, -0.1) is 0 Å². The monoisotopic (exact) mass is 284 g/mol. The van der Waals surface area contributed by atoms with Gasteiger partial charge in [0.15, 0.2) is 0 Å². The van der Waals surface area contributed by atoms with Gasteiger partial charge in [-0.25, -0.2) is 0 Å². The molecule has 0 bridgehead atoms. The number of rotatable bonds is 4. The van der Waals surface area contributed by atoms with Crippen molar-refractivity contribution in [3.05, 3.63) is 58.7 Å². The third-order valence-electron chi connectivity index (χ3n) is 3.73. The van der Waals surface area contributed by atoms with Crippen molar-refractivity contribution in [1.82, 2.24) is 0 Å². The number of aryl methyl sites for hydroxylation is 4. The molecule has 2 aromatic carbocycles. The Morgan fingerprint density at radius 2 is 1.20 bits per heavy atom. The van der Waals surface area contributed by atoms with Crippen LogP contribution >= 0.6 is 7.92 Å². The van der Waals surface area contributed by atoms with E-state index < -0.39 is 0 Å². The molecule has 0 saturated heterocycles. The topological polar surface area (TPSA) is 0 Å². The Bertz CT molecular complexity index is 547.